The monoisotopic (exact) mass is 739 g/mol. The van der Waals surface area contributed by atoms with Crippen LogP contribution in [0.15, 0.2) is 24.3 Å². The molecule has 0 heterocycles. The summed E-state index contributed by atoms with van der Waals surface area (Å²) in [4.78, 5) is 14.8. The molecule has 302 valence electrons. The molecule has 0 saturated heterocycles. The topological polar surface area (TPSA) is 63.2 Å². The zero-order valence-corrected chi connectivity index (χ0v) is 35.1. The van der Waals surface area contributed by atoms with Gasteiger partial charge in [-0.1, -0.05) is 150 Å². The minimum absolute atomic E-state index is 0.0137. The Morgan fingerprint density at radius 3 is 1.25 bits per heavy atom. The van der Waals surface area contributed by atoms with Crippen LogP contribution in [0.25, 0.3) is 0 Å². The quantitative estimate of drug-likeness (QED) is 0.0518. The number of carbonyl (C=O) groups is 1. The van der Waals surface area contributed by atoms with Crippen molar-refractivity contribution in [3.8, 4) is 28.7 Å². The molecule has 0 aliphatic rings. The number of unbranched alkanes of at least 4 members (excludes halogenated alkanes) is 15. The number of aryl methyl sites for hydroxylation is 2. The molecule has 2 aromatic rings. The molecule has 0 aliphatic heterocycles. The van der Waals surface area contributed by atoms with E-state index in [4.69, 9.17) is 23.7 Å². The molecule has 0 atom stereocenters. The van der Waals surface area contributed by atoms with E-state index in [-0.39, 0.29) is 5.78 Å². The van der Waals surface area contributed by atoms with Gasteiger partial charge in [-0.15, -0.1) is 0 Å². The Bertz CT molecular complexity index is 1170. The molecule has 2 rings (SSSR count). The van der Waals surface area contributed by atoms with Gasteiger partial charge in [0.1, 0.15) is 11.3 Å². The van der Waals surface area contributed by atoms with Crippen molar-refractivity contribution in [2.24, 2.45) is 0 Å². The van der Waals surface area contributed by atoms with E-state index in [0.29, 0.717) is 74.4 Å². The van der Waals surface area contributed by atoms with Crippen LogP contribution in [0.4, 0.5) is 0 Å². The zero-order valence-electron chi connectivity index (χ0n) is 35.1. The number of Topliss-reactive ketones (excluding diaryl/α,β-unsaturated/α-hetero) is 1. The summed E-state index contributed by atoms with van der Waals surface area (Å²) in [6, 6.07) is 8.39. The van der Waals surface area contributed by atoms with Crippen LogP contribution in [0.2, 0.25) is 0 Å². The van der Waals surface area contributed by atoms with Gasteiger partial charge < -0.3 is 23.7 Å². The molecule has 0 aromatic heterocycles. The minimum Gasteiger partial charge on any atom is -0.493 e. The molecule has 0 radical (unpaired) electrons. The van der Waals surface area contributed by atoms with Crippen molar-refractivity contribution in [2.45, 2.75) is 189 Å². The van der Waals surface area contributed by atoms with Gasteiger partial charge in [-0.05, 0) is 62.1 Å². The predicted molar refractivity (Wildman–Crippen MR) is 223 cm³/mol. The van der Waals surface area contributed by atoms with Gasteiger partial charge in [0.15, 0.2) is 28.8 Å². The molecule has 0 unspecified atom stereocenters. The van der Waals surface area contributed by atoms with E-state index in [9.17, 15) is 4.79 Å². The number of ketones is 1. The van der Waals surface area contributed by atoms with Gasteiger partial charge in [0.2, 0.25) is 0 Å². The fourth-order valence-corrected chi connectivity index (χ4v) is 6.46. The van der Waals surface area contributed by atoms with Gasteiger partial charge in [-0.2, -0.15) is 0 Å². The van der Waals surface area contributed by atoms with E-state index in [0.717, 1.165) is 114 Å². The maximum Gasteiger partial charge on any atom is 0.176 e. The average Bonchev–Trinajstić information content (AvgIpc) is 3.17. The SMILES string of the molecule is CCCCCCOc1ccc(CC)cc1CCC(=O)c1c(OCCCCCC)c(OCCCCCC)cc(OCCCCCC)c1OCCCCCC. The second kappa shape index (κ2) is 30.4. The lowest BCUT2D eigenvalue weighted by Crippen LogP contribution is -2.14. The van der Waals surface area contributed by atoms with Crippen LogP contribution >= 0.6 is 0 Å². The standard InChI is InChI=1S/C47H78O6/c1-7-13-18-23-32-49-42-31-28-39(12-6)37-40(42)29-30-41(48)45-46(52-35-26-21-16-10-4)43(50-33-24-19-14-8-2)38-44(51-34-25-20-15-9-3)47(45)53-36-27-22-17-11-5/h28,31,37-38H,7-27,29-30,32-36H2,1-6H3. The van der Waals surface area contributed by atoms with Crippen molar-refractivity contribution in [1.29, 1.82) is 0 Å². The first-order chi connectivity index (χ1) is 26.0. The van der Waals surface area contributed by atoms with Crippen molar-refractivity contribution in [1.82, 2.24) is 0 Å². The van der Waals surface area contributed by atoms with Crippen LogP contribution < -0.4 is 23.7 Å². The molecule has 53 heavy (non-hydrogen) atoms. The molecule has 0 saturated carbocycles. The number of benzene rings is 2. The minimum atomic E-state index is -0.0137. The highest BCUT2D eigenvalue weighted by molar-refractivity contribution is 6.03. The average molecular weight is 739 g/mol. The summed E-state index contributed by atoms with van der Waals surface area (Å²) in [6.07, 6.45) is 23.8. The summed E-state index contributed by atoms with van der Waals surface area (Å²) in [6.45, 7) is 16.1. The van der Waals surface area contributed by atoms with Crippen molar-refractivity contribution in [2.75, 3.05) is 33.0 Å². The Balaban J connectivity index is 2.57. The first kappa shape index (κ1) is 46.3. The van der Waals surface area contributed by atoms with E-state index in [2.05, 4.69) is 59.7 Å². The van der Waals surface area contributed by atoms with Gasteiger partial charge in [0.25, 0.3) is 0 Å². The van der Waals surface area contributed by atoms with Crippen LogP contribution in [-0.4, -0.2) is 38.8 Å². The van der Waals surface area contributed by atoms with E-state index in [1.54, 1.807) is 0 Å². The molecular formula is C47H78O6. The first-order valence-electron chi connectivity index (χ1n) is 22.0. The van der Waals surface area contributed by atoms with Crippen molar-refractivity contribution in [3.05, 3.63) is 41.0 Å². The molecule has 0 bridgehead atoms. The molecule has 2 aromatic carbocycles. The summed E-state index contributed by atoms with van der Waals surface area (Å²) in [5, 5.41) is 0. The molecule has 0 spiro atoms. The van der Waals surface area contributed by atoms with Crippen molar-refractivity contribution >= 4 is 5.78 Å². The van der Waals surface area contributed by atoms with Gasteiger partial charge in [-0.3, -0.25) is 4.79 Å². The summed E-state index contributed by atoms with van der Waals surface area (Å²) < 4.78 is 32.5. The lowest BCUT2D eigenvalue weighted by atomic mass is 9.98. The van der Waals surface area contributed by atoms with Crippen LogP contribution in [-0.2, 0) is 12.8 Å². The summed E-state index contributed by atoms with van der Waals surface area (Å²) in [5.41, 5.74) is 2.79. The van der Waals surface area contributed by atoms with Gasteiger partial charge in [0.05, 0.1) is 33.0 Å². The van der Waals surface area contributed by atoms with E-state index < -0.39 is 0 Å². The Kier molecular flexibility index (Phi) is 26.6. The second-order valence-corrected chi connectivity index (χ2v) is 14.7. The smallest absolute Gasteiger partial charge is 0.176 e. The Morgan fingerprint density at radius 1 is 0.453 bits per heavy atom. The Hall–Kier alpha value is -2.89. The van der Waals surface area contributed by atoms with Gasteiger partial charge >= 0.3 is 0 Å². The van der Waals surface area contributed by atoms with Gasteiger partial charge in [0, 0.05) is 12.5 Å². The maximum absolute atomic E-state index is 14.8. The molecule has 0 N–H and O–H groups in total. The largest absolute Gasteiger partial charge is 0.493 e. The third kappa shape index (κ3) is 18.8. The highest BCUT2D eigenvalue weighted by atomic mass is 16.5. The fraction of sp³-hybridized carbons (Fsp3) is 0.723. The van der Waals surface area contributed by atoms with Crippen LogP contribution in [0.3, 0.4) is 0 Å². The van der Waals surface area contributed by atoms with Crippen molar-refractivity contribution < 1.29 is 28.5 Å². The zero-order chi connectivity index (χ0) is 38.4. The second-order valence-electron chi connectivity index (χ2n) is 14.7. The number of ether oxygens (including phenoxy) is 5. The first-order valence-corrected chi connectivity index (χ1v) is 22.0. The molecule has 0 aliphatic carbocycles. The molecule has 0 fully saturated rings. The normalized spacial score (nSPS) is 11.1. The number of rotatable bonds is 35. The molecule has 0 amide bonds. The highest BCUT2D eigenvalue weighted by Gasteiger charge is 2.28. The van der Waals surface area contributed by atoms with Gasteiger partial charge in [-0.25, -0.2) is 0 Å². The molecular weight excluding hydrogens is 661 g/mol. The van der Waals surface area contributed by atoms with Crippen LogP contribution in [0, 0.1) is 0 Å². The summed E-state index contributed by atoms with van der Waals surface area (Å²) in [7, 11) is 0. The van der Waals surface area contributed by atoms with Crippen LogP contribution in [0.1, 0.15) is 198 Å². The molecule has 6 nitrogen and oxygen atoms in total. The number of hydrogen-bond donors (Lipinski definition) is 0. The molecule has 6 heteroatoms. The third-order valence-corrected chi connectivity index (χ3v) is 9.85. The number of carbonyl (C=O) groups excluding carboxylic acids is 1. The van der Waals surface area contributed by atoms with E-state index in [1.165, 1.54) is 37.7 Å². The van der Waals surface area contributed by atoms with Crippen LogP contribution in [0.5, 0.6) is 28.7 Å². The predicted octanol–water partition coefficient (Wildman–Crippen LogP) is 13.9. The maximum atomic E-state index is 14.8. The lowest BCUT2D eigenvalue weighted by Gasteiger charge is -2.23. The Morgan fingerprint density at radius 2 is 0.849 bits per heavy atom. The fourth-order valence-electron chi connectivity index (χ4n) is 6.46. The Labute approximate surface area is 325 Å². The van der Waals surface area contributed by atoms with E-state index in [1.807, 2.05) is 6.07 Å². The lowest BCUT2D eigenvalue weighted by molar-refractivity contribution is 0.0971. The van der Waals surface area contributed by atoms with E-state index >= 15 is 0 Å². The summed E-state index contributed by atoms with van der Waals surface area (Å²) >= 11 is 0. The number of hydrogen-bond acceptors (Lipinski definition) is 6. The highest BCUT2D eigenvalue weighted by Crippen LogP contribution is 2.46. The summed E-state index contributed by atoms with van der Waals surface area (Å²) in [5.74, 6) is 3.07. The third-order valence-electron chi connectivity index (χ3n) is 9.85. The van der Waals surface area contributed by atoms with Crippen molar-refractivity contribution in [3.63, 3.8) is 0 Å².